The third-order valence-electron chi connectivity index (χ3n) is 2.44. The van der Waals surface area contributed by atoms with Crippen molar-refractivity contribution in [3.63, 3.8) is 0 Å². The molecule has 0 saturated carbocycles. The molecule has 1 aromatic rings. The summed E-state index contributed by atoms with van der Waals surface area (Å²) < 4.78 is 1.88. The summed E-state index contributed by atoms with van der Waals surface area (Å²) in [7, 11) is 0. The number of rotatable bonds is 4. The predicted molar refractivity (Wildman–Crippen MR) is 90.6 cm³/mol. The van der Waals surface area contributed by atoms with Gasteiger partial charge in [-0.05, 0) is 46.7 Å². The molecular formula is C12H14BrIN2OS. The molecule has 3 N–H and O–H groups in total. The van der Waals surface area contributed by atoms with Gasteiger partial charge in [-0.2, -0.15) is 0 Å². The first-order valence-electron chi connectivity index (χ1n) is 5.38. The molecule has 1 aromatic carbocycles. The zero-order valence-corrected chi connectivity index (χ0v) is 14.6. The smallest absolute Gasteiger partial charge is 0.234 e. The van der Waals surface area contributed by atoms with Crippen molar-refractivity contribution in [2.45, 2.75) is 13.8 Å². The van der Waals surface area contributed by atoms with Gasteiger partial charge in [0.15, 0.2) is 0 Å². The number of nitrogens with two attached hydrogens (primary N) is 1. The van der Waals surface area contributed by atoms with Gasteiger partial charge in [0.2, 0.25) is 5.91 Å². The molecule has 1 unspecified atom stereocenters. The van der Waals surface area contributed by atoms with Gasteiger partial charge in [0.05, 0.1) is 16.6 Å². The Kier molecular flexibility index (Phi) is 6.00. The van der Waals surface area contributed by atoms with Crippen LogP contribution < -0.4 is 11.1 Å². The Hall–Kier alpha value is -0.210. The lowest BCUT2D eigenvalue weighted by atomic mass is 9.95. The van der Waals surface area contributed by atoms with Crippen molar-refractivity contribution in [3.8, 4) is 0 Å². The SMILES string of the molecule is CC(C)C(C(=O)Nc1cc(Br)ccc1I)C(N)=S. The summed E-state index contributed by atoms with van der Waals surface area (Å²) in [6.07, 6.45) is 0. The van der Waals surface area contributed by atoms with E-state index in [0.717, 1.165) is 13.7 Å². The maximum atomic E-state index is 12.2. The minimum atomic E-state index is -0.449. The zero-order valence-electron chi connectivity index (χ0n) is 10.0. The predicted octanol–water partition coefficient (Wildman–Crippen LogP) is 3.55. The molecule has 0 spiro atoms. The maximum Gasteiger partial charge on any atom is 0.234 e. The van der Waals surface area contributed by atoms with Gasteiger partial charge >= 0.3 is 0 Å². The number of nitrogens with one attached hydrogen (secondary N) is 1. The monoisotopic (exact) mass is 440 g/mol. The van der Waals surface area contributed by atoms with Gasteiger partial charge in [-0.15, -0.1) is 0 Å². The molecule has 0 aliphatic rings. The van der Waals surface area contributed by atoms with Gasteiger partial charge in [-0.25, -0.2) is 0 Å². The summed E-state index contributed by atoms with van der Waals surface area (Å²) in [5.74, 6) is -0.532. The fourth-order valence-corrected chi connectivity index (χ4v) is 2.77. The van der Waals surface area contributed by atoms with Gasteiger partial charge in [0, 0.05) is 8.04 Å². The fraction of sp³-hybridized carbons (Fsp3) is 0.333. The number of thiocarbonyl (C=S) groups is 1. The second kappa shape index (κ2) is 6.81. The standard InChI is InChI=1S/C12H14BrIN2OS/c1-6(2)10(11(15)18)12(17)16-9-5-7(13)3-4-8(9)14/h3-6,10H,1-2H3,(H2,15,18)(H,16,17). The van der Waals surface area contributed by atoms with Crippen LogP contribution in [0.2, 0.25) is 0 Å². The molecule has 1 atom stereocenters. The summed E-state index contributed by atoms with van der Waals surface area (Å²) >= 11 is 10.5. The molecule has 0 heterocycles. The van der Waals surface area contributed by atoms with Crippen molar-refractivity contribution in [1.82, 2.24) is 0 Å². The molecule has 0 aromatic heterocycles. The Labute approximate surface area is 134 Å². The minimum absolute atomic E-state index is 0.0762. The van der Waals surface area contributed by atoms with E-state index < -0.39 is 5.92 Å². The van der Waals surface area contributed by atoms with Crippen molar-refractivity contribution in [1.29, 1.82) is 0 Å². The van der Waals surface area contributed by atoms with E-state index in [9.17, 15) is 4.79 Å². The highest BCUT2D eigenvalue weighted by Crippen LogP contribution is 2.24. The largest absolute Gasteiger partial charge is 0.393 e. The molecule has 18 heavy (non-hydrogen) atoms. The Morgan fingerprint density at radius 3 is 2.61 bits per heavy atom. The van der Waals surface area contributed by atoms with Crippen LogP contribution in [0.25, 0.3) is 0 Å². The number of hydrogen-bond acceptors (Lipinski definition) is 2. The second-order valence-electron chi connectivity index (χ2n) is 4.24. The van der Waals surface area contributed by atoms with Crippen LogP contribution in [0.1, 0.15) is 13.8 Å². The number of halogens is 2. The highest BCUT2D eigenvalue weighted by atomic mass is 127. The minimum Gasteiger partial charge on any atom is -0.393 e. The number of benzene rings is 1. The molecule has 1 rings (SSSR count). The van der Waals surface area contributed by atoms with Gasteiger partial charge in [0.1, 0.15) is 0 Å². The highest BCUT2D eigenvalue weighted by molar-refractivity contribution is 14.1. The quantitative estimate of drug-likeness (QED) is 0.556. The molecule has 0 saturated heterocycles. The van der Waals surface area contributed by atoms with E-state index in [4.69, 9.17) is 18.0 Å². The summed E-state index contributed by atoms with van der Waals surface area (Å²) in [6.45, 7) is 3.85. The van der Waals surface area contributed by atoms with Crippen LogP contribution in [0.5, 0.6) is 0 Å². The summed E-state index contributed by atoms with van der Waals surface area (Å²) in [5, 5.41) is 2.87. The number of hydrogen-bond donors (Lipinski definition) is 2. The van der Waals surface area contributed by atoms with E-state index in [1.807, 2.05) is 32.0 Å². The Bertz CT molecular complexity index is 479. The van der Waals surface area contributed by atoms with Crippen molar-refractivity contribution in [2.24, 2.45) is 17.6 Å². The zero-order chi connectivity index (χ0) is 13.9. The molecule has 3 nitrogen and oxygen atoms in total. The maximum absolute atomic E-state index is 12.2. The van der Waals surface area contributed by atoms with Crippen molar-refractivity contribution in [2.75, 3.05) is 5.32 Å². The third kappa shape index (κ3) is 4.17. The molecule has 0 bridgehead atoms. The molecule has 0 aliphatic carbocycles. The van der Waals surface area contributed by atoms with E-state index in [1.54, 1.807) is 0 Å². The first kappa shape index (κ1) is 15.8. The van der Waals surface area contributed by atoms with Crippen LogP contribution in [0.4, 0.5) is 5.69 Å². The molecule has 0 aliphatic heterocycles. The van der Waals surface area contributed by atoms with Crippen LogP contribution in [-0.2, 0) is 4.79 Å². The summed E-state index contributed by atoms with van der Waals surface area (Å²) in [4.78, 5) is 12.4. The Morgan fingerprint density at radius 1 is 1.50 bits per heavy atom. The average molecular weight is 441 g/mol. The van der Waals surface area contributed by atoms with Gasteiger partial charge in [-0.1, -0.05) is 42.0 Å². The lowest BCUT2D eigenvalue weighted by Crippen LogP contribution is -2.36. The average Bonchev–Trinajstić information content (AvgIpc) is 2.22. The molecule has 0 radical (unpaired) electrons. The normalized spacial score (nSPS) is 12.3. The molecule has 1 amide bonds. The second-order valence-corrected chi connectivity index (χ2v) is 6.79. The number of amides is 1. The van der Waals surface area contributed by atoms with Crippen LogP contribution >= 0.6 is 50.7 Å². The van der Waals surface area contributed by atoms with Crippen LogP contribution in [0.3, 0.4) is 0 Å². The lowest BCUT2D eigenvalue weighted by molar-refractivity contribution is -0.118. The van der Waals surface area contributed by atoms with Crippen molar-refractivity contribution < 1.29 is 4.79 Å². The van der Waals surface area contributed by atoms with Crippen molar-refractivity contribution in [3.05, 3.63) is 26.2 Å². The summed E-state index contributed by atoms with van der Waals surface area (Å²) in [5.41, 5.74) is 6.38. The van der Waals surface area contributed by atoms with Crippen LogP contribution in [0, 0.1) is 15.4 Å². The third-order valence-corrected chi connectivity index (χ3v) is 4.13. The van der Waals surface area contributed by atoms with Crippen LogP contribution in [0.15, 0.2) is 22.7 Å². The van der Waals surface area contributed by atoms with E-state index >= 15 is 0 Å². The lowest BCUT2D eigenvalue weighted by Gasteiger charge is -2.19. The fourth-order valence-electron chi connectivity index (χ4n) is 1.56. The first-order valence-corrected chi connectivity index (χ1v) is 7.66. The highest BCUT2D eigenvalue weighted by Gasteiger charge is 2.25. The van der Waals surface area contributed by atoms with Gasteiger partial charge in [0.25, 0.3) is 0 Å². The Balaban J connectivity index is 2.92. The van der Waals surface area contributed by atoms with Crippen molar-refractivity contribution >= 4 is 67.3 Å². The van der Waals surface area contributed by atoms with E-state index in [-0.39, 0.29) is 16.8 Å². The van der Waals surface area contributed by atoms with E-state index in [1.165, 1.54) is 0 Å². The number of carbonyl (C=O) groups excluding carboxylic acids is 1. The topological polar surface area (TPSA) is 55.1 Å². The summed E-state index contributed by atoms with van der Waals surface area (Å²) in [6, 6.07) is 5.70. The molecular weight excluding hydrogens is 427 g/mol. The van der Waals surface area contributed by atoms with E-state index in [2.05, 4.69) is 43.8 Å². The number of anilines is 1. The molecule has 0 fully saturated rings. The van der Waals surface area contributed by atoms with E-state index in [0.29, 0.717) is 0 Å². The van der Waals surface area contributed by atoms with Gasteiger partial charge in [-0.3, -0.25) is 4.79 Å². The van der Waals surface area contributed by atoms with Gasteiger partial charge < -0.3 is 11.1 Å². The van der Waals surface area contributed by atoms with Crippen LogP contribution in [-0.4, -0.2) is 10.9 Å². The number of carbonyl (C=O) groups is 1. The molecule has 6 heteroatoms. The first-order chi connectivity index (χ1) is 8.32. The Morgan fingerprint density at radius 2 is 2.11 bits per heavy atom. The molecule has 98 valence electrons.